The van der Waals surface area contributed by atoms with Crippen molar-refractivity contribution in [3.63, 3.8) is 0 Å². The monoisotopic (exact) mass is 275 g/mol. The fourth-order valence-electron chi connectivity index (χ4n) is 3.07. The Morgan fingerprint density at radius 2 is 1.75 bits per heavy atom. The summed E-state index contributed by atoms with van der Waals surface area (Å²) in [4.78, 5) is 25.5. The summed E-state index contributed by atoms with van der Waals surface area (Å²) < 4.78 is 0. The van der Waals surface area contributed by atoms with E-state index in [9.17, 15) is 14.7 Å². The van der Waals surface area contributed by atoms with Crippen molar-refractivity contribution in [2.45, 2.75) is 38.6 Å². The molecular formula is C16H21NO3. The number of hydrogen-bond acceptors (Lipinski definition) is 2. The van der Waals surface area contributed by atoms with Gasteiger partial charge in [-0.3, -0.25) is 4.79 Å². The van der Waals surface area contributed by atoms with E-state index in [0.717, 1.165) is 19.3 Å². The third-order valence-electron chi connectivity index (χ3n) is 4.27. The molecule has 0 aromatic heterocycles. The number of amides is 1. The van der Waals surface area contributed by atoms with Gasteiger partial charge in [0.25, 0.3) is 5.91 Å². The van der Waals surface area contributed by atoms with Gasteiger partial charge >= 0.3 is 5.97 Å². The number of hydrogen-bond donors (Lipinski definition) is 1. The number of carbonyl (C=O) groups excluding carboxylic acids is 1. The Morgan fingerprint density at radius 3 is 2.35 bits per heavy atom. The summed E-state index contributed by atoms with van der Waals surface area (Å²) in [6, 6.07) is 6.63. The molecule has 1 aromatic rings. The Balaban J connectivity index is 2.24. The quantitative estimate of drug-likeness (QED) is 0.922. The van der Waals surface area contributed by atoms with Crippen molar-refractivity contribution in [2.75, 3.05) is 7.05 Å². The maximum absolute atomic E-state index is 12.6. The summed E-state index contributed by atoms with van der Waals surface area (Å²) >= 11 is 0. The first kappa shape index (κ1) is 14.6. The van der Waals surface area contributed by atoms with Gasteiger partial charge in [0.2, 0.25) is 0 Å². The highest BCUT2D eigenvalue weighted by Crippen LogP contribution is 2.28. The SMILES string of the molecule is CC1CCCCC1N(C)C(=O)c1ccccc1C(=O)O. The number of rotatable bonds is 3. The van der Waals surface area contributed by atoms with Crippen molar-refractivity contribution in [2.24, 2.45) is 5.92 Å². The van der Waals surface area contributed by atoms with Gasteiger partial charge in [0.15, 0.2) is 0 Å². The topological polar surface area (TPSA) is 57.6 Å². The Hall–Kier alpha value is -1.84. The number of benzene rings is 1. The third kappa shape index (κ3) is 2.84. The maximum Gasteiger partial charge on any atom is 0.336 e. The average Bonchev–Trinajstić information content (AvgIpc) is 2.46. The first-order valence-corrected chi connectivity index (χ1v) is 7.12. The number of carboxylic acid groups (broad SMARTS) is 1. The standard InChI is InChI=1S/C16H21NO3/c1-11-7-3-6-10-14(11)17(2)15(18)12-8-4-5-9-13(12)16(19)20/h4-5,8-9,11,14H,3,6-7,10H2,1-2H3,(H,19,20). The second kappa shape index (κ2) is 6.07. The van der Waals surface area contributed by atoms with Crippen LogP contribution in [0.3, 0.4) is 0 Å². The van der Waals surface area contributed by atoms with E-state index < -0.39 is 5.97 Å². The molecule has 4 nitrogen and oxygen atoms in total. The van der Waals surface area contributed by atoms with Gasteiger partial charge in [-0.25, -0.2) is 4.79 Å². The molecule has 2 rings (SSSR count). The van der Waals surface area contributed by atoms with Gasteiger partial charge in [-0.2, -0.15) is 0 Å². The fraction of sp³-hybridized carbons (Fsp3) is 0.500. The second-order valence-electron chi connectivity index (χ2n) is 5.60. The van der Waals surface area contributed by atoms with Crippen LogP contribution in [0.1, 0.15) is 53.3 Å². The van der Waals surface area contributed by atoms with Crippen LogP contribution in [-0.4, -0.2) is 35.0 Å². The molecule has 108 valence electrons. The van der Waals surface area contributed by atoms with Crippen LogP contribution < -0.4 is 0 Å². The van der Waals surface area contributed by atoms with Crippen LogP contribution in [0.5, 0.6) is 0 Å². The molecule has 0 aliphatic heterocycles. The van der Waals surface area contributed by atoms with Crippen LogP contribution in [0.25, 0.3) is 0 Å². The Morgan fingerprint density at radius 1 is 1.15 bits per heavy atom. The molecule has 1 N–H and O–H groups in total. The van der Waals surface area contributed by atoms with E-state index in [1.165, 1.54) is 12.5 Å². The number of carboxylic acids is 1. The van der Waals surface area contributed by atoms with Crippen LogP contribution >= 0.6 is 0 Å². The van der Waals surface area contributed by atoms with E-state index in [-0.39, 0.29) is 23.1 Å². The molecule has 1 aliphatic carbocycles. The van der Waals surface area contributed by atoms with Crippen molar-refractivity contribution in [1.82, 2.24) is 4.90 Å². The minimum Gasteiger partial charge on any atom is -0.478 e. The van der Waals surface area contributed by atoms with Crippen molar-refractivity contribution in [1.29, 1.82) is 0 Å². The van der Waals surface area contributed by atoms with Gasteiger partial charge in [0.05, 0.1) is 11.1 Å². The molecule has 1 saturated carbocycles. The summed E-state index contributed by atoms with van der Waals surface area (Å²) in [5.41, 5.74) is 0.355. The van der Waals surface area contributed by atoms with Crippen LogP contribution in [0, 0.1) is 5.92 Å². The normalized spacial score (nSPS) is 22.3. The Labute approximate surface area is 119 Å². The number of carbonyl (C=O) groups is 2. The van der Waals surface area contributed by atoms with Crippen LogP contribution in [0.2, 0.25) is 0 Å². The van der Waals surface area contributed by atoms with Crippen molar-refractivity contribution >= 4 is 11.9 Å². The molecule has 0 saturated heterocycles. The molecule has 1 amide bonds. The molecule has 1 aliphatic rings. The Bertz CT molecular complexity index is 512. The largest absolute Gasteiger partial charge is 0.478 e. The highest BCUT2D eigenvalue weighted by molar-refractivity contribution is 6.04. The molecule has 1 fully saturated rings. The predicted octanol–water partition coefficient (Wildman–Crippen LogP) is 3.04. The summed E-state index contributed by atoms with van der Waals surface area (Å²) in [5.74, 6) is -0.782. The second-order valence-corrected chi connectivity index (χ2v) is 5.60. The van der Waals surface area contributed by atoms with Crippen molar-refractivity contribution in [3.05, 3.63) is 35.4 Å². The lowest BCUT2D eigenvalue weighted by Crippen LogP contribution is -2.43. The lowest BCUT2D eigenvalue weighted by molar-refractivity contribution is 0.0609. The molecule has 0 radical (unpaired) electrons. The van der Waals surface area contributed by atoms with Crippen LogP contribution in [0.4, 0.5) is 0 Å². The fourth-order valence-corrected chi connectivity index (χ4v) is 3.07. The van der Waals surface area contributed by atoms with E-state index >= 15 is 0 Å². The minimum absolute atomic E-state index is 0.0767. The summed E-state index contributed by atoms with van der Waals surface area (Å²) in [7, 11) is 1.79. The molecule has 20 heavy (non-hydrogen) atoms. The molecule has 2 unspecified atom stereocenters. The lowest BCUT2D eigenvalue weighted by atomic mass is 9.85. The van der Waals surface area contributed by atoms with E-state index in [0.29, 0.717) is 5.92 Å². The van der Waals surface area contributed by atoms with E-state index in [2.05, 4.69) is 6.92 Å². The molecule has 0 heterocycles. The van der Waals surface area contributed by atoms with Crippen LogP contribution in [-0.2, 0) is 0 Å². The average molecular weight is 275 g/mol. The van der Waals surface area contributed by atoms with Crippen molar-refractivity contribution in [3.8, 4) is 0 Å². The van der Waals surface area contributed by atoms with Gasteiger partial charge in [-0.1, -0.05) is 31.9 Å². The smallest absolute Gasteiger partial charge is 0.336 e. The van der Waals surface area contributed by atoms with Gasteiger partial charge in [-0.05, 0) is 30.9 Å². The number of nitrogens with zero attached hydrogens (tertiary/aromatic N) is 1. The zero-order valence-electron chi connectivity index (χ0n) is 12.0. The van der Waals surface area contributed by atoms with E-state index in [1.807, 2.05) is 0 Å². The summed E-state index contributed by atoms with van der Waals surface area (Å²) in [6.07, 6.45) is 4.47. The van der Waals surface area contributed by atoms with Gasteiger partial charge in [-0.15, -0.1) is 0 Å². The summed E-state index contributed by atoms with van der Waals surface area (Å²) in [5, 5.41) is 9.19. The third-order valence-corrected chi connectivity index (χ3v) is 4.27. The van der Waals surface area contributed by atoms with E-state index in [4.69, 9.17) is 0 Å². The van der Waals surface area contributed by atoms with Gasteiger partial charge < -0.3 is 10.0 Å². The zero-order chi connectivity index (χ0) is 14.7. The first-order valence-electron chi connectivity index (χ1n) is 7.12. The van der Waals surface area contributed by atoms with Gasteiger partial charge in [0, 0.05) is 13.1 Å². The highest BCUT2D eigenvalue weighted by atomic mass is 16.4. The molecular weight excluding hydrogens is 254 g/mol. The molecule has 2 atom stereocenters. The Kier molecular flexibility index (Phi) is 4.42. The van der Waals surface area contributed by atoms with Crippen LogP contribution in [0.15, 0.2) is 24.3 Å². The predicted molar refractivity (Wildman–Crippen MR) is 76.9 cm³/mol. The highest BCUT2D eigenvalue weighted by Gasteiger charge is 2.29. The first-order chi connectivity index (χ1) is 9.52. The summed E-state index contributed by atoms with van der Waals surface area (Å²) in [6.45, 7) is 2.16. The van der Waals surface area contributed by atoms with Gasteiger partial charge in [0.1, 0.15) is 0 Å². The lowest BCUT2D eigenvalue weighted by Gasteiger charge is -2.36. The zero-order valence-corrected chi connectivity index (χ0v) is 12.0. The molecule has 1 aromatic carbocycles. The molecule has 0 spiro atoms. The molecule has 4 heteroatoms. The maximum atomic E-state index is 12.6. The van der Waals surface area contributed by atoms with E-state index in [1.54, 1.807) is 30.1 Å². The molecule has 0 bridgehead atoms. The minimum atomic E-state index is -1.06. The number of aromatic carboxylic acids is 1. The van der Waals surface area contributed by atoms with Crippen molar-refractivity contribution < 1.29 is 14.7 Å².